The van der Waals surface area contributed by atoms with Crippen molar-refractivity contribution in [3.63, 3.8) is 0 Å². The molecule has 0 aliphatic heterocycles. The van der Waals surface area contributed by atoms with Crippen LogP contribution >= 0.6 is 11.9 Å². The van der Waals surface area contributed by atoms with E-state index in [1.165, 1.54) is 0 Å². The van der Waals surface area contributed by atoms with Crippen molar-refractivity contribution in [3.05, 3.63) is 42.5 Å². The molecule has 0 heterocycles. The maximum atomic E-state index is 5.65. The van der Waals surface area contributed by atoms with E-state index in [1.54, 1.807) is 12.1 Å². The van der Waals surface area contributed by atoms with Crippen LogP contribution in [0.4, 0.5) is 11.4 Å². The molecular weight excluding hydrogens is 224 g/mol. The topological polar surface area (TPSA) is 61.3 Å². The summed E-state index contributed by atoms with van der Waals surface area (Å²) in [6.07, 6.45) is 0. The average molecular weight is 235 g/mol. The van der Waals surface area contributed by atoms with Gasteiger partial charge in [0.1, 0.15) is 11.9 Å². The van der Waals surface area contributed by atoms with Gasteiger partial charge in [0.05, 0.1) is 0 Å². The first-order valence-corrected chi connectivity index (χ1v) is 5.05. The molecule has 0 aromatic heterocycles. The quantitative estimate of drug-likeness (QED) is 0.785. The molecule has 0 saturated carbocycles. The smallest absolute Gasteiger partial charge is 0.156 e. The molecule has 0 atom stereocenters. The molecule has 2 rings (SSSR count). The van der Waals surface area contributed by atoms with Gasteiger partial charge in [0.2, 0.25) is 0 Å². The summed E-state index contributed by atoms with van der Waals surface area (Å²) in [4.78, 5) is 0. The Morgan fingerprint density at radius 2 is 1.50 bits per heavy atom. The number of anilines is 2. The van der Waals surface area contributed by atoms with Gasteiger partial charge in [-0.25, -0.2) is 0 Å². The number of nitrogens with two attached hydrogens (primary N) is 2. The van der Waals surface area contributed by atoms with Crippen LogP contribution in [0, 0.1) is 0 Å². The second kappa shape index (κ2) is 4.33. The Morgan fingerprint density at radius 1 is 0.875 bits per heavy atom. The van der Waals surface area contributed by atoms with Gasteiger partial charge in [0, 0.05) is 23.0 Å². The lowest BCUT2D eigenvalue weighted by molar-refractivity contribution is 0.622. The van der Waals surface area contributed by atoms with Crippen molar-refractivity contribution >= 4 is 23.2 Å². The second-order valence-electron chi connectivity index (χ2n) is 3.45. The predicted octanol–water partition coefficient (Wildman–Crippen LogP) is 3.05. The Balaban J connectivity index is 2.51. The van der Waals surface area contributed by atoms with Gasteiger partial charge in [-0.3, -0.25) is 0 Å². The SMILES string of the molecule is Nc1ccc(-c2ccc(N)cc2OCl)cc1. The van der Waals surface area contributed by atoms with Gasteiger partial charge in [-0.05, 0) is 29.8 Å². The molecule has 82 valence electrons. The summed E-state index contributed by atoms with van der Waals surface area (Å²) in [7, 11) is 0. The third-order valence-electron chi connectivity index (χ3n) is 2.31. The van der Waals surface area contributed by atoms with Crippen LogP contribution in [0.2, 0.25) is 0 Å². The van der Waals surface area contributed by atoms with E-state index in [0.717, 1.165) is 11.1 Å². The molecule has 0 radical (unpaired) electrons. The van der Waals surface area contributed by atoms with Crippen LogP contribution in [0.25, 0.3) is 11.1 Å². The van der Waals surface area contributed by atoms with Gasteiger partial charge >= 0.3 is 0 Å². The molecule has 0 aliphatic carbocycles. The fourth-order valence-electron chi connectivity index (χ4n) is 1.50. The summed E-state index contributed by atoms with van der Waals surface area (Å²) < 4.78 is 4.77. The number of halogens is 1. The third kappa shape index (κ3) is 2.04. The van der Waals surface area contributed by atoms with Gasteiger partial charge in [-0.15, -0.1) is 0 Å². The van der Waals surface area contributed by atoms with E-state index in [-0.39, 0.29) is 0 Å². The number of rotatable bonds is 2. The lowest BCUT2D eigenvalue weighted by Crippen LogP contribution is -1.89. The summed E-state index contributed by atoms with van der Waals surface area (Å²) in [5, 5.41) is 0. The molecule has 16 heavy (non-hydrogen) atoms. The van der Waals surface area contributed by atoms with Crippen LogP contribution in [-0.2, 0) is 0 Å². The molecule has 4 N–H and O–H groups in total. The van der Waals surface area contributed by atoms with E-state index < -0.39 is 0 Å². The highest BCUT2D eigenvalue weighted by Gasteiger charge is 2.06. The van der Waals surface area contributed by atoms with Crippen LogP contribution in [0.15, 0.2) is 42.5 Å². The number of nitrogen functional groups attached to an aromatic ring is 2. The van der Waals surface area contributed by atoms with Gasteiger partial charge in [-0.2, -0.15) is 0 Å². The van der Waals surface area contributed by atoms with E-state index in [1.807, 2.05) is 30.3 Å². The molecule has 0 saturated heterocycles. The summed E-state index contributed by atoms with van der Waals surface area (Å²) in [6, 6.07) is 12.8. The van der Waals surface area contributed by atoms with Gasteiger partial charge < -0.3 is 15.8 Å². The van der Waals surface area contributed by atoms with Crippen LogP contribution in [0.1, 0.15) is 0 Å². The fourth-order valence-corrected chi connectivity index (χ4v) is 1.63. The standard InChI is InChI=1S/C12H11ClN2O/c13-16-12-7-10(15)5-6-11(12)8-1-3-9(14)4-2-8/h1-7H,14-15H2. The summed E-state index contributed by atoms with van der Waals surface area (Å²) in [5.41, 5.74) is 14.4. The first-order chi connectivity index (χ1) is 7.70. The normalized spacial score (nSPS) is 10.1. The highest BCUT2D eigenvalue weighted by atomic mass is 35.5. The minimum Gasteiger partial charge on any atom is -0.399 e. The number of benzene rings is 2. The van der Waals surface area contributed by atoms with E-state index in [0.29, 0.717) is 17.1 Å². The lowest BCUT2D eigenvalue weighted by Gasteiger charge is -2.07. The molecular formula is C12H11ClN2O. The van der Waals surface area contributed by atoms with Crippen LogP contribution in [0.5, 0.6) is 5.75 Å². The third-order valence-corrected chi connectivity index (χ3v) is 2.48. The summed E-state index contributed by atoms with van der Waals surface area (Å²) in [6.45, 7) is 0. The highest BCUT2D eigenvalue weighted by molar-refractivity contribution is 6.09. The molecule has 0 amide bonds. The largest absolute Gasteiger partial charge is 0.399 e. The molecule has 0 aliphatic rings. The summed E-state index contributed by atoms with van der Waals surface area (Å²) in [5.74, 6) is 0.534. The predicted molar refractivity (Wildman–Crippen MR) is 67.2 cm³/mol. The maximum Gasteiger partial charge on any atom is 0.156 e. The van der Waals surface area contributed by atoms with Crippen LogP contribution < -0.4 is 15.8 Å². The van der Waals surface area contributed by atoms with Crippen molar-refractivity contribution in [2.45, 2.75) is 0 Å². The van der Waals surface area contributed by atoms with E-state index in [2.05, 4.69) is 0 Å². The average Bonchev–Trinajstić information content (AvgIpc) is 2.30. The lowest BCUT2D eigenvalue weighted by atomic mass is 10.0. The highest BCUT2D eigenvalue weighted by Crippen LogP contribution is 2.32. The van der Waals surface area contributed by atoms with Crippen molar-refractivity contribution in [1.82, 2.24) is 0 Å². The zero-order valence-electron chi connectivity index (χ0n) is 8.48. The first kappa shape index (κ1) is 10.6. The molecule has 4 heteroatoms. The Bertz CT molecular complexity index is 497. The number of hydrogen-bond acceptors (Lipinski definition) is 3. The number of hydrogen-bond donors (Lipinski definition) is 2. The van der Waals surface area contributed by atoms with Crippen molar-refractivity contribution < 1.29 is 4.29 Å². The van der Waals surface area contributed by atoms with E-state index in [4.69, 9.17) is 27.6 Å². The van der Waals surface area contributed by atoms with E-state index in [9.17, 15) is 0 Å². The van der Waals surface area contributed by atoms with Gasteiger partial charge in [0.15, 0.2) is 5.75 Å². The fraction of sp³-hybridized carbons (Fsp3) is 0. The van der Waals surface area contributed by atoms with Crippen molar-refractivity contribution in [3.8, 4) is 16.9 Å². The molecule has 0 spiro atoms. The molecule has 2 aromatic rings. The first-order valence-electron chi connectivity index (χ1n) is 4.75. The zero-order chi connectivity index (χ0) is 11.5. The zero-order valence-corrected chi connectivity index (χ0v) is 9.24. The van der Waals surface area contributed by atoms with Crippen molar-refractivity contribution in [2.75, 3.05) is 11.5 Å². The monoisotopic (exact) mass is 234 g/mol. The summed E-state index contributed by atoms with van der Waals surface area (Å²) >= 11 is 5.40. The Morgan fingerprint density at radius 3 is 2.12 bits per heavy atom. The van der Waals surface area contributed by atoms with Gasteiger partial charge in [-0.1, -0.05) is 12.1 Å². The Hall–Kier alpha value is -1.87. The molecule has 2 aromatic carbocycles. The minimum absolute atomic E-state index is 0.534. The molecule has 3 nitrogen and oxygen atoms in total. The Kier molecular flexibility index (Phi) is 2.88. The van der Waals surface area contributed by atoms with Gasteiger partial charge in [0.25, 0.3) is 0 Å². The Labute approximate surface area is 98.8 Å². The van der Waals surface area contributed by atoms with Crippen molar-refractivity contribution in [1.29, 1.82) is 0 Å². The minimum atomic E-state index is 0.534. The molecule has 0 unspecified atom stereocenters. The van der Waals surface area contributed by atoms with Crippen LogP contribution in [0.3, 0.4) is 0 Å². The maximum absolute atomic E-state index is 5.65. The second-order valence-corrected chi connectivity index (χ2v) is 3.61. The van der Waals surface area contributed by atoms with E-state index >= 15 is 0 Å². The van der Waals surface area contributed by atoms with Crippen molar-refractivity contribution in [2.24, 2.45) is 0 Å². The van der Waals surface area contributed by atoms with Crippen LogP contribution in [-0.4, -0.2) is 0 Å². The molecule has 0 fully saturated rings. The molecule has 0 bridgehead atoms.